The minimum atomic E-state index is -0.336. The molecule has 0 radical (unpaired) electrons. The van der Waals surface area contributed by atoms with E-state index in [9.17, 15) is 9.59 Å². The third-order valence-corrected chi connectivity index (χ3v) is 5.53. The molecule has 2 heterocycles. The van der Waals surface area contributed by atoms with Gasteiger partial charge in [0.25, 0.3) is 11.8 Å². The molecule has 0 unspecified atom stereocenters. The first-order chi connectivity index (χ1) is 17.7. The van der Waals surface area contributed by atoms with Gasteiger partial charge in [0.2, 0.25) is 0 Å². The fourth-order valence-corrected chi connectivity index (χ4v) is 3.77. The molecular formula is C28H20N6O2. The second-order valence-electron chi connectivity index (χ2n) is 7.87. The molecule has 3 aromatic carbocycles. The lowest BCUT2D eigenvalue weighted by Crippen LogP contribution is -2.17. The Bertz CT molecular complexity index is 1500. The SMILES string of the molecule is O=C(N/N=C/c1cccc2cc3cccc(/C=N/NC(=O)c4cccnc4)c3cc12)c1cccnc1. The van der Waals surface area contributed by atoms with Gasteiger partial charge < -0.3 is 0 Å². The van der Waals surface area contributed by atoms with Crippen molar-refractivity contribution in [1.29, 1.82) is 0 Å². The molecule has 36 heavy (non-hydrogen) atoms. The number of fused-ring (bicyclic) bond motifs is 2. The molecule has 0 fully saturated rings. The number of hydrogen-bond acceptors (Lipinski definition) is 6. The number of nitrogens with zero attached hydrogens (tertiary/aromatic N) is 4. The molecule has 0 aliphatic heterocycles. The van der Waals surface area contributed by atoms with Crippen molar-refractivity contribution in [2.45, 2.75) is 0 Å². The lowest BCUT2D eigenvalue weighted by molar-refractivity contribution is 0.0946. The molecule has 0 spiro atoms. The number of hydrazone groups is 2. The van der Waals surface area contributed by atoms with E-state index in [2.05, 4.69) is 43.2 Å². The van der Waals surface area contributed by atoms with E-state index < -0.39 is 0 Å². The van der Waals surface area contributed by atoms with Crippen molar-refractivity contribution in [2.75, 3.05) is 0 Å². The number of pyridine rings is 2. The zero-order chi connectivity index (χ0) is 24.7. The van der Waals surface area contributed by atoms with Crippen LogP contribution in [0.25, 0.3) is 21.5 Å². The Morgan fingerprint density at radius 2 is 1.14 bits per heavy atom. The van der Waals surface area contributed by atoms with E-state index in [0.717, 1.165) is 32.7 Å². The van der Waals surface area contributed by atoms with Gasteiger partial charge in [-0.3, -0.25) is 19.6 Å². The normalized spacial score (nSPS) is 11.3. The van der Waals surface area contributed by atoms with Crippen molar-refractivity contribution in [1.82, 2.24) is 20.8 Å². The molecule has 0 aliphatic carbocycles. The Morgan fingerprint density at radius 1 is 0.639 bits per heavy atom. The molecule has 174 valence electrons. The van der Waals surface area contributed by atoms with Crippen LogP contribution in [0.5, 0.6) is 0 Å². The number of amides is 2. The van der Waals surface area contributed by atoms with Crippen molar-refractivity contribution in [3.63, 3.8) is 0 Å². The van der Waals surface area contributed by atoms with Gasteiger partial charge in [0.15, 0.2) is 0 Å². The van der Waals surface area contributed by atoms with Gasteiger partial charge in [0.05, 0.1) is 23.6 Å². The zero-order valence-electron chi connectivity index (χ0n) is 19.0. The van der Waals surface area contributed by atoms with E-state index in [1.54, 1.807) is 49.1 Å². The number of aromatic nitrogens is 2. The summed E-state index contributed by atoms with van der Waals surface area (Å²) in [5.41, 5.74) is 7.62. The highest BCUT2D eigenvalue weighted by Crippen LogP contribution is 2.26. The molecule has 0 aliphatic rings. The predicted octanol–water partition coefficient (Wildman–Crippen LogP) is 4.31. The van der Waals surface area contributed by atoms with Crippen molar-refractivity contribution >= 4 is 45.8 Å². The van der Waals surface area contributed by atoms with E-state index in [1.165, 1.54) is 12.4 Å². The molecule has 2 amide bonds. The lowest BCUT2D eigenvalue weighted by atomic mass is 9.97. The fraction of sp³-hybridized carbons (Fsp3) is 0. The van der Waals surface area contributed by atoms with E-state index in [0.29, 0.717) is 11.1 Å². The lowest BCUT2D eigenvalue weighted by Gasteiger charge is -2.08. The summed E-state index contributed by atoms with van der Waals surface area (Å²) in [6.07, 6.45) is 9.41. The molecule has 8 nitrogen and oxygen atoms in total. The van der Waals surface area contributed by atoms with E-state index >= 15 is 0 Å². The Morgan fingerprint density at radius 3 is 1.58 bits per heavy atom. The van der Waals surface area contributed by atoms with Crippen molar-refractivity contribution in [2.24, 2.45) is 10.2 Å². The molecule has 0 saturated heterocycles. The van der Waals surface area contributed by atoms with Gasteiger partial charge in [-0.25, -0.2) is 10.9 Å². The summed E-state index contributed by atoms with van der Waals surface area (Å²) < 4.78 is 0. The number of benzene rings is 3. The second kappa shape index (κ2) is 10.4. The molecule has 5 rings (SSSR count). The number of carbonyl (C=O) groups is 2. The smallest absolute Gasteiger partial charge is 0.267 e. The van der Waals surface area contributed by atoms with Crippen LogP contribution in [0.2, 0.25) is 0 Å². The Labute approximate surface area is 206 Å². The fourth-order valence-electron chi connectivity index (χ4n) is 3.77. The number of nitrogens with one attached hydrogen (secondary N) is 2. The second-order valence-corrected chi connectivity index (χ2v) is 7.87. The first-order valence-electron chi connectivity index (χ1n) is 11.1. The largest absolute Gasteiger partial charge is 0.272 e. The van der Waals surface area contributed by atoms with Gasteiger partial charge in [-0.1, -0.05) is 36.4 Å². The van der Waals surface area contributed by atoms with Crippen molar-refractivity contribution in [3.05, 3.63) is 120 Å². The zero-order valence-corrected chi connectivity index (χ0v) is 19.0. The van der Waals surface area contributed by atoms with Crippen LogP contribution in [0, 0.1) is 0 Å². The van der Waals surface area contributed by atoms with Gasteiger partial charge >= 0.3 is 0 Å². The standard InChI is InChI=1S/C28H20N6O2/c35-27(23-9-3-11-29-15-23)33-31-17-21-7-1-5-19-13-20-6-2-8-22(26(20)14-25(19)21)18-32-34-28(36)24-10-4-12-30-16-24/h1-18H,(H,33,35)(H,34,36)/b31-17+,32-18+. The molecule has 8 heteroatoms. The van der Waals surface area contributed by atoms with Crippen LogP contribution in [0.15, 0.2) is 108 Å². The molecule has 2 aromatic heterocycles. The van der Waals surface area contributed by atoms with Gasteiger partial charge in [0.1, 0.15) is 0 Å². The van der Waals surface area contributed by atoms with Crippen LogP contribution >= 0.6 is 0 Å². The third-order valence-electron chi connectivity index (χ3n) is 5.53. The quantitative estimate of drug-likeness (QED) is 0.218. The molecule has 0 bridgehead atoms. The van der Waals surface area contributed by atoms with Crippen LogP contribution in [0.1, 0.15) is 31.8 Å². The number of rotatable bonds is 6. The molecular weight excluding hydrogens is 452 g/mol. The highest BCUT2D eigenvalue weighted by molar-refractivity contribution is 6.10. The van der Waals surface area contributed by atoms with Crippen LogP contribution in [-0.2, 0) is 0 Å². The Balaban J connectivity index is 1.41. The van der Waals surface area contributed by atoms with Gasteiger partial charge in [-0.2, -0.15) is 10.2 Å². The maximum absolute atomic E-state index is 12.2. The summed E-state index contributed by atoms with van der Waals surface area (Å²) in [5, 5.41) is 12.3. The van der Waals surface area contributed by atoms with Gasteiger partial charge in [0, 0.05) is 35.9 Å². The predicted molar refractivity (Wildman–Crippen MR) is 140 cm³/mol. The molecule has 5 aromatic rings. The minimum Gasteiger partial charge on any atom is -0.267 e. The average molecular weight is 473 g/mol. The van der Waals surface area contributed by atoms with Crippen LogP contribution in [0.3, 0.4) is 0 Å². The Hall–Kier alpha value is -5.24. The van der Waals surface area contributed by atoms with Crippen molar-refractivity contribution < 1.29 is 9.59 Å². The summed E-state index contributed by atoms with van der Waals surface area (Å²) in [6, 6.07) is 22.7. The summed E-state index contributed by atoms with van der Waals surface area (Å²) in [5.74, 6) is -0.672. The highest BCUT2D eigenvalue weighted by Gasteiger charge is 2.07. The summed E-state index contributed by atoms with van der Waals surface area (Å²) in [6.45, 7) is 0. The average Bonchev–Trinajstić information content (AvgIpc) is 2.93. The van der Waals surface area contributed by atoms with E-state index in [-0.39, 0.29) is 11.8 Å². The first kappa shape index (κ1) is 22.5. The van der Waals surface area contributed by atoms with Gasteiger partial charge in [-0.15, -0.1) is 0 Å². The van der Waals surface area contributed by atoms with Crippen LogP contribution < -0.4 is 10.9 Å². The summed E-state index contributed by atoms with van der Waals surface area (Å²) >= 11 is 0. The maximum Gasteiger partial charge on any atom is 0.272 e. The van der Waals surface area contributed by atoms with Crippen LogP contribution in [-0.4, -0.2) is 34.2 Å². The molecule has 0 saturated carbocycles. The molecule has 2 N–H and O–H groups in total. The van der Waals surface area contributed by atoms with Crippen molar-refractivity contribution in [3.8, 4) is 0 Å². The molecule has 0 atom stereocenters. The maximum atomic E-state index is 12.2. The van der Waals surface area contributed by atoms with E-state index in [4.69, 9.17) is 0 Å². The van der Waals surface area contributed by atoms with E-state index in [1.807, 2.05) is 36.4 Å². The summed E-state index contributed by atoms with van der Waals surface area (Å²) in [4.78, 5) is 32.4. The number of hydrogen-bond donors (Lipinski definition) is 2. The monoisotopic (exact) mass is 472 g/mol. The topological polar surface area (TPSA) is 109 Å². The third kappa shape index (κ3) is 4.97. The minimum absolute atomic E-state index is 0.336. The number of carbonyl (C=O) groups excluding carboxylic acids is 2. The first-order valence-corrected chi connectivity index (χ1v) is 11.1. The van der Waals surface area contributed by atoms with Gasteiger partial charge in [-0.05, 0) is 57.9 Å². The highest BCUT2D eigenvalue weighted by atomic mass is 16.2. The Kier molecular flexibility index (Phi) is 6.48. The summed E-state index contributed by atoms with van der Waals surface area (Å²) in [7, 11) is 0. The van der Waals surface area contributed by atoms with Crippen LogP contribution in [0.4, 0.5) is 0 Å².